The number of cyclic esters (lactones) is 2. The van der Waals surface area contributed by atoms with Crippen molar-refractivity contribution in [2.45, 2.75) is 286 Å². The first-order chi connectivity index (χ1) is 50.4. The summed E-state index contributed by atoms with van der Waals surface area (Å²) in [4.78, 5) is 109. The molecule has 20 atom stereocenters. The molecule has 24 heteroatoms. The van der Waals surface area contributed by atoms with Crippen LogP contribution in [0.2, 0.25) is 0 Å². The number of hydrogen-bond acceptors (Lipinski definition) is 24. The van der Waals surface area contributed by atoms with Crippen LogP contribution in [0, 0.1) is 71.0 Å². The number of ether oxygens (including phenoxy) is 14. The SMILES string of the molecule is C=C(C)C(=O)OC.C=C(C)C(=O)OC.C=CC(=O)OC.C=CC(=O)OC.C=CC(=O)OC.CC.CC1(C)OC(=O)C2C3CCC(C3)C21.CC1(C)OC(=O)C2C3CCC(O3)C21.O=C1OC2(CCCC2)C2C3CCC(O3)C12.O=C1OC2(CCCC2)C2C3CCC(O3)C12.O=C1OC2(CCCCC2)C2C3CCC(O3)C12. The first kappa shape index (κ1) is 84.9. The van der Waals surface area contributed by atoms with E-state index in [1.165, 1.54) is 99.8 Å². The molecule has 13 aliphatic heterocycles. The molecule has 106 heavy (non-hydrogen) atoms. The summed E-state index contributed by atoms with van der Waals surface area (Å²) < 4.78 is 72.6. The van der Waals surface area contributed by atoms with Gasteiger partial charge in [0.05, 0.1) is 114 Å². The van der Waals surface area contributed by atoms with Crippen molar-refractivity contribution < 1.29 is 114 Å². The van der Waals surface area contributed by atoms with Crippen LogP contribution in [0.3, 0.4) is 0 Å². The summed E-state index contributed by atoms with van der Waals surface area (Å²) in [7, 11) is 6.59. The normalized spacial score (nSPS) is 36.1. The van der Waals surface area contributed by atoms with E-state index in [1.54, 1.807) is 13.8 Å². The lowest BCUT2D eigenvalue weighted by atomic mass is 9.67. The fraction of sp³-hybridized carbons (Fsp3) is 0.756. The van der Waals surface area contributed by atoms with Gasteiger partial charge in [-0.2, -0.15) is 0 Å². The van der Waals surface area contributed by atoms with Gasteiger partial charge in [-0.1, -0.05) is 53.2 Å². The summed E-state index contributed by atoms with van der Waals surface area (Å²) in [5.74, 6) is 2.27. The van der Waals surface area contributed by atoms with E-state index >= 15 is 0 Å². The molecule has 0 amide bonds. The van der Waals surface area contributed by atoms with Gasteiger partial charge < -0.3 is 66.3 Å². The van der Waals surface area contributed by atoms with Gasteiger partial charge in [0.2, 0.25) is 0 Å². The molecule has 0 N–H and O–H groups in total. The fourth-order valence-corrected chi connectivity index (χ4v) is 21.2. The Kier molecular flexibility index (Phi) is 29.0. The van der Waals surface area contributed by atoms with Gasteiger partial charge in [0.1, 0.15) is 28.0 Å². The fourth-order valence-electron chi connectivity index (χ4n) is 21.2. The quantitative estimate of drug-likeness (QED) is 0.140. The predicted octanol–water partition coefficient (Wildman–Crippen LogP) is 12.0. The van der Waals surface area contributed by atoms with Crippen molar-refractivity contribution in [2.75, 3.05) is 35.5 Å². The largest absolute Gasteiger partial charge is 0.466 e. The number of methoxy groups -OCH3 is 5. The molecule has 20 unspecified atom stereocenters. The number of esters is 10. The maximum Gasteiger partial charge on any atom is 0.332 e. The molecule has 18 aliphatic rings. The lowest BCUT2D eigenvalue weighted by Gasteiger charge is -2.38. The summed E-state index contributed by atoms with van der Waals surface area (Å²) in [6.45, 7) is 31.5. The van der Waals surface area contributed by atoms with Crippen molar-refractivity contribution in [3.8, 4) is 0 Å². The third-order valence-electron chi connectivity index (χ3n) is 25.2. The summed E-state index contributed by atoms with van der Waals surface area (Å²) in [6.07, 6.45) is 33.0. The van der Waals surface area contributed by atoms with Crippen LogP contribution in [0.5, 0.6) is 0 Å². The van der Waals surface area contributed by atoms with Gasteiger partial charge in [0, 0.05) is 59.0 Å². The van der Waals surface area contributed by atoms with Crippen molar-refractivity contribution in [1.29, 1.82) is 0 Å². The molecule has 0 aromatic carbocycles. The molecular weight excluding hydrogens is 1370 g/mol. The monoisotopic (exact) mass is 1490 g/mol. The summed E-state index contributed by atoms with van der Waals surface area (Å²) >= 11 is 0. The Morgan fingerprint density at radius 1 is 0.349 bits per heavy atom. The van der Waals surface area contributed by atoms with E-state index in [2.05, 4.69) is 70.4 Å². The highest BCUT2D eigenvalue weighted by Gasteiger charge is 2.71. The first-order valence-electron chi connectivity index (χ1n) is 38.7. The topological polar surface area (TPSA) is 300 Å². The van der Waals surface area contributed by atoms with Gasteiger partial charge in [-0.25, -0.2) is 24.0 Å². The van der Waals surface area contributed by atoms with Gasteiger partial charge >= 0.3 is 59.7 Å². The second-order valence-corrected chi connectivity index (χ2v) is 32.0. The van der Waals surface area contributed by atoms with Crippen LogP contribution in [-0.2, 0) is 114 Å². The molecule has 0 radical (unpaired) electrons. The molecule has 0 aromatic rings. The van der Waals surface area contributed by atoms with Crippen molar-refractivity contribution in [1.82, 2.24) is 0 Å². The Morgan fingerprint density at radius 2 is 0.604 bits per heavy atom. The number of rotatable bonds is 5. The van der Waals surface area contributed by atoms with Gasteiger partial charge in [0.15, 0.2) is 0 Å². The minimum atomic E-state index is -0.394. The van der Waals surface area contributed by atoms with Crippen LogP contribution < -0.4 is 0 Å². The highest BCUT2D eigenvalue weighted by Crippen LogP contribution is 2.63. The third-order valence-corrected chi connectivity index (χ3v) is 25.2. The van der Waals surface area contributed by atoms with Crippen LogP contribution in [-0.4, -0.2) is 172 Å². The van der Waals surface area contributed by atoms with Gasteiger partial charge in [-0.15, -0.1) is 0 Å². The van der Waals surface area contributed by atoms with Crippen molar-refractivity contribution in [2.24, 2.45) is 71.0 Å². The van der Waals surface area contributed by atoms with E-state index in [0.717, 1.165) is 114 Å². The smallest absolute Gasteiger partial charge is 0.332 e. The lowest BCUT2D eigenvalue weighted by Crippen LogP contribution is -2.43. The molecule has 3 spiro atoms. The van der Waals surface area contributed by atoms with Crippen LogP contribution in [0.25, 0.3) is 0 Å². The Labute approximate surface area is 626 Å². The summed E-state index contributed by atoms with van der Waals surface area (Å²) in [5, 5.41) is 0. The van der Waals surface area contributed by atoms with E-state index in [1.807, 2.05) is 27.7 Å². The van der Waals surface area contributed by atoms with Crippen molar-refractivity contribution in [3.63, 3.8) is 0 Å². The van der Waals surface area contributed by atoms with E-state index in [-0.39, 0.29) is 130 Å². The molecule has 5 aliphatic carbocycles. The van der Waals surface area contributed by atoms with E-state index in [9.17, 15) is 47.9 Å². The standard InChI is InChI=1S/C13H18O3.2C12H16O3.C11H16O2.C10H14O3.2C5H8O2.3C4H6O2.C2H6/c14-12-10-8-4-5-9(15-8)11(10)13(16-12)6-2-1-3-7-13;2*13-11-9-7-3-4-8(14-7)10(9)12(15-11)5-1-2-6-12;1-11(2)9-7-4-3-6(5-7)8(9)10(12)13-11;1-10(2)8-6-4-3-5(12-6)7(8)9(11)13-10;2*1-4(2)5(6)7-3;3*1-3-4(5)6-2;1-2/h8-11H,1-7H2;2*7-10H,1-6H2;6-9H,3-5H2,1-2H3;5-8H,3-4H2,1-2H3;2*1H2,2-3H3;3*3H,1H2,2H3;1-2H3. The van der Waals surface area contributed by atoms with Gasteiger partial charge in [-0.05, 0) is 201 Å². The number of carbonyl (C=O) groups excluding carboxylic acids is 10. The zero-order valence-corrected chi connectivity index (χ0v) is 65.1. The second kappa shape index (κ2) is 36.2. The molecule has 24 nitrogen and oxygen atoms in total. The van der Waals surface area contributed by atoms with E-state index in [4.69, 9.17) is 42.6 Å². The van der Waals surface area contributed by atoms with Gasteiger partial charge in [-0.3, -0.25) is 24.0 Å². The molecule has 13 saturated heterocycles. The molecule has 592 valence electrons. The van der Waals surface area contributed by atoms with E-state index < -0.39 is 17.9 Å². The molecular formula is C82H120O24. The second-order valence-electron chi connectivity index (χ2n) is 32.0. The van der Waals surface area contributed by atoms with Crippen LogP contribution in [0.15, 0.2) is 62.3 Å². The average Bonchev–Trinajstić information content (AvgIpc) is 1.57. The highest BCUT2D eigenvalue weighted by atomic mass is 16.6. The zero-order valence-electron chi connectivity index (χ0n) is 65.1. The average molecular weight is 1490 g/mol. The Morgan fingerprint density at radius 3 is 0.858 bits per heavy atom. The number of hydrogen-bond donors (Lipinski definition) is 0. The highest BCUT2D eigenvalue weighted by molar-refractivity contribution is 5.87. The third kappa shape index (κ3) is 17.8. The maximum atomic E-state index is 12.0. The zero-order chi connectivity index (χ0) is 78.0. The minimum absolute atomic E-state index is 0.0359. The van der Waals surface area contributed by atoms with Crippen molar-refractivity contribution in [3.05, 3.63) is 62.3 Å². The molecule has 18 rings (SSSR count). The Balaban J connectivity index is 0.000000152. The van der Waals surface area contributed by atoms with Crippen LogP contribution in [0.4, 0.5) is 0 Å². The molecule has 0 aromatic heterocycles. The number of fused-ring (bicyclic) bond motifs is 28. The van der Waals surface area contributed by atoms with Crippen molar-refractivity contribution >= 4 is 59.7 Å². The summed E-state index contributed by atoms with van der Waals surface area (Å²) in [5.41, 5.74) is 0.0385. The van der Waals surface area contributed by atoms with E-state index in [0.29, 0.717) is 65.0 Å². The molecule has 5 saturated carbocycles. The summed E-state index contributed by atoms with van der Waals surface area (Å²) in [6, 6.07) is 0. The number of carbonyl (C=O) groups is 10. The Bertz CT molecular complexity index is 3020. The predicted molar refractivity (Wildman–Crippen MR) is 386 cm³/mol. The lowest BCUT2D eigenvalue weighted by molar-refractivity contribution is -0.159. The Hall–Kier alpha value is -6.76. The minimum Gasteiger partial charge on any atom is -0.466 e. The van der Waals surface area contributed by atoms with Crippen LogP contribution in [0.1, 0.15) is 209 Å². The first-order valence-corrected chi connectivity index (χ1v) is 38.7. The van der Waals surface area contributed by atoms with Gasteiger partial charge in [0.25, 0.3) is 0 Å². The molecule has 13 heterocycles. The van der Waals surface area contributed by atoms with Crippen LogP contribution >= 0.6 is 0 Å². The maximum absolute atomic E-state index is 12.0. The molecule has 10 bridgehead atoms. The molecule has 18 fully saturated rings.